The van der Waals surface area contributed by atoms with E-state index >= 15 is 0 Å². The standard InChI is InChI=1S/C18H11N3O6/c22-19(23)13-10-16(20(24)25)18(17(11-13)21(26)27)15-9-5-4-8-14(15)12-6-2-1-3-7-12/h1-11H. The van der Waals surface area contributed by atoms with Crippen LogP contribution in [-0.4, -0.2) is 14.8 Å². The molecule has 0 atom stereocenters. The second kappa shape index (κ2) is 7.00. The van der Waals surface area contributed by atoms with Gasteiger partial charge in [-0.25, -0.2) is 0 Å². The van der Waals surface area contributed by atoms with Gasteiger partial charge in [-0.15, -0.1) is 0 Å². The van der Waals surface area contributed by atoms with Crippen molar-refractivity contribution in [2.45, 2.75) is 0 Å². The number of nitro groups is 3. The SMILES string of the molecule is O=[N+]([O-])c1cc([N+](=O)[O-])c(-c2ccccc2-c2ccccc2)c([N+](=O)[O-])c1. The lowest BCUT2D eigenvalue weighted by Gasteiger charge is -2.11. The molecule has 3 aromatic carbocycles. The Kier molecular flexibility index (Phi) is 4.58. The lowest BCUT2D eigenvalue weighted by atomic mass is 9.92. The van der Waals surface area contributed by atoms with Crippen molar-refractivity contribution in [3.05, 3.63) is 97.1 Å². The average molecular weight is 365 g/mol. The maximum atomic E-state index is 11.6. The van der Waals surface area contributed by atoms with Crippen LogP contribution in [0.2, 0.25) is 0 Å². The molecule has 0 N–H and O–H groups in total. The minimum atomic E-state index is -0.896. The highest BCUT2D eigenvalue weighted by molar-refractivity contribution is 5.93. The molecule has 0 saturated carbocycles. The van der Waals surface area contributed by atoms with Crippen LogP contribution in [0.25, 0.3) is 22.3 Å². The van der Waals surface area contributed by atoms with Crippen LogP contribution in [0, 0.1) is 30.3 Å². The van der Waals surface area contributed by atoms with Crippen LogP contribution in [0.5, 0.6) is 0 Å². The van der Waals surface area contributed by atoms with E-state index in [4.69, 9.17) is 0 Å². The minimum absolute atomic E-state index is 0.247. The minimum Gasteiger partial charge on any atom is -0.258 e. The van der Waals surface area contributed by atoms with Gasteiger partial charge in [-0.2, -0.15) is 0 Å². The first-order valence-corrected chi connectivity index (χ1v) is 7.66. The van der Waals surface area contributed by atoms with Crippen molar-refractivity contribution in [1.29, 1.82) is 0 Å². The highest BCUT2D eigenvalue weighted by Crippen LogP contribution is 2.44. The third-order valence-electron chi connectivity index (χ3n) is 3.97. The zero-order valence-electron chi connectivity index (χ0n) is 13.6. The summed E-state index contributed by atoms with van der Waals surface area (Å²) in [4.78, 5) is 31.6. The Morgan fingerprint density at radius 2 is 1.07 bits per heavy atom. The summed E-state index contributed by atoms with van der Waals surface area (Å²) < 4.78 is 0. The molecule has 0 amide bonds. The van der Waals surface area contributed by atoms with Gasteiger partial charge < -0.3 is 0 Å². The van der Waals surface area contributed by atoms with Crippen molar-refractivity contribution in [2.24, 2.45) is 0 Å². The van der Waals surface area contributed by atoms with Crippen LogP contribution in [0.15, 0.2) is 66.7 Å². The average Bonchev–Trinajstić information content (AvgIpc) is 2.67. The molecular formula is C18H11N3O6. The van der Waals surface area contributed by atoms with Gasteiger partial charge >= 0.3 is 0 Å². The quantitative estimate of drug-likeness (QED) is 0.474. The zero-order chi connectivity index (χ0) is 19.6. The molecule has 0 spiro atoms. The van der Waals surface area contributed by atoms with Crippen LogP contribution < -0.4 is 0 Å². The van der Waals surface area contributed by atoms with Crippen molar-refractivity contribution < 1.29 is 14.8 Å². The third-order valence-corrected chi connectivity index (χ3v) is 3.97. The number of hydrogen-bond acceptors (Lipinski definition) is 6. The molecule has 0 aliphatic carbocycles. The number of non-ortho nitro benzene ring substituents is 1. The molecule has 0 unspecified atom stereocenters. The largest absolute Gasteiger partial charge is 0.291 e. The smallest absolute Gasteiger partial charge is 0.258 e. The number of nitrogens with zero attached hydrogens (tertiary/aromatic N) is 3. The molecule has 134 valence electrons. The Morgan fingerprint density at radius 3 is 1.56 bits per heavy atom. The van der Waals surface area contributed by atoms with Crippen LogP contribution in [0.1, 0.15) is 0 Å². The fourth-order valence-electron chi connectivity index (χ4n) is 2.84. The van der Waals surface area contributed by atoms with Crippen molar-refractivity contribution in [2.75, 3.05) is 0 Å². The first-order valence-electron chi connectivity index (χ1n) is 7.66. The van der Waals surface area contributed by atoms with E-state index in [1.165, 1.54) is 6.07 Å². The summed E-state index contributed by atoms with van der Waals surface area (Å²) >= 11 is 0. The third kappa shape index (κ3) is 3.33. The van der Waals surface area contributed by atoms with Gasteiger partial charge in [-0.05, 0) is 11.1 Å². The van der Waals surface area contributed by atoms with Crippen LogP contribution in [-0.2, 0) is 0 Å². The summed E-state index contributed by atoms with van der Waals surface area (Å²) in [5.41, 5.74) is -0.881. The summed E-state index contributed by atoms with van der Waals surface area (Å²) in [6.45, 7) is 0. The molecule has 0 saturated heterocycles. The van der Waals surface area contributed by atoms with E-state index in [1.807, 2.05) is 0 Å². The predicted molar refractivity (Wildman–Crippen MR) is 97.3 cm³/mol. The summed E-state index contributed by atoms with van der Waals surface area (Å²) in [7, 11) is 0. The van der Waals surface area contributed by atoms with Gasteiger partial charge in [0.05, 0.1) is 26.9 Å². The Hall–Kier alpha value is -4.14. The fourth-order valence-corrected chi connectivity index (χ4v) is 2.84. The van der Waals surface area contributed by atoms with E-state index < -0.39 is 31.8 Å². The first-order chi connectivity index (χ1) is 12.9. The molecule has 0 bridgehead atoms. The molecule has 9 nitrogen and oxygen atoms in total. The number of hydrogen-bond donors (Lipinski definition) is 0. The first kappa shape index (κ1) is 17.7. The Labute approximate surface area is 152 Å². The van der Waals surface area contributed by atoms with Crippen LogP contribution in [0.4, 0.5) is 17.1 Å². The van der Waals surface area contributed by atoms with Crippen molar-refractivity contribution in [1.82, 2.24) is 0 Å². The van der Waals surface area contributed by atoms with Gasteiger partial charge in [-0.1, -0.05) is 54.6 Å². The topological polar surface area (TPSA) is 129 Å². The van der Waals surface area contributed by atoms with E-state index in [2.05, 4.69) is 0 Å². The highest BCUT2D eigenvalue weighted by Gasteiger charge is 2.32. The highest BCUT2D eigenvalue weighted by atomic mass is 16.6. The van der Waals surface area contributed by atoms with E-state index in [1.54, 1.807) is 48.5 Å². The molecule has 0 aliphatic rings. The Balaban J connectivity index is 2.40. The molecule has 27 heavy (non-hydrogen) atoms. The van der Waals surface area contributed by atoms with E-state index in [-0.39, 0.29) is 11.1 Å². The molecule has 0 aliphatic heterocycles. The molecule has 0 radical (unpaired) electrons. The van der Waals surface area contributed by atoms with Gasteiger partial charge in [0.25, 0.3) is 17.1 Å². The maximum Gasteiger partial charge on any atom is 0.291 e. The Bertz CT molecular complexity index is 1030. The molecule has 3 aromatic rings. The van der Waals surface area contributed by atoms with Crippen molar-refractivity contribution in [3.63, 3.8) is 0 Å². The van der Waals surface area contributed by atoms with Gasteiger partial charge in [0.2, 0.25) is 0 Å². The molecule has 0 fully saturated rings. The molecule has 0 aromatic heterocycles. The number of benzene rings is 3. The van der Waals surface area contributed by atoms with Crippen molar-refractivity contribution >= 4 is 17.1 Å². The molecular weight excluding hydrogens is 354 g/mol. The summed E-state index contributed by atoms with van der Waals surface area (Å²) in [5, 5.41) is 34.2. The second-order valence-corrected chi connectivity index (χ2v) is 5.54. The Morgan fingerprint density at radius 1 is 0.593 bits per heavy atom. The number of nitro benzene ring substituents is 3. The summed E-state index contributed by atoms with van der Waals surface area (Å²) in [5.74, 6) is 0. The maximum absolute atomic E-state index is 11.6. The van der Waals surface area contributed by atoms with Gasteiger partial charge in [-0.3, -0.25) is 30.3 Å². The summed E-state index contributed by atoms with van der Waals surface area (Å²) in [6.07, 6.45) is 0. The fraction of sp³-hybridized carbons (Fsp3) is 0. The van der Waals surface area contributed by atoms with Crippen molar-refractivity contribution in [3.8, 4) is 22.3 Å². The zero-order valence-corrected chi connectivity index (χ0v) is 13.6. The van der Waals surface area contributed by atoms with Crippen LogP contribution in [0.3, 0.4) is 0 Å². The van der Waals surface area contributed by atoms with Gasteiger partial charge in [0.15, 0.2) is 0 Å². The van der Waals surface area contributed by atoms with E-state index in [0.717, 1.165) is 12.1 Å². The summed E-state index contributed by atoms with van der Waals surface area (Å²) in [6, 6.07) is 16.8. The van der Waals surface area contributed by atoms with E-state index in [9.17, 15) is 30.3 Å². The van der Waals surface area contributed by atoms with Crippen LogP contribution >= 0.6 is 0 Å². The lowest BCUT2D eigenvalue weighted by molar-refractivity contribution is -0.402. The second-order valence-electron chi connectivity index (χ2n) is 5.54. The normalized spacial score (nSPS) is 10.4. The molecule has 9 heteroatoms. The monoisotopic (exact) mass is 365 g/mol. The van der Waals surface area contributed by atoms with Gasteiger partial charge in [0.1, 0.15) is 5.56 Å². The lowest BCUT2D eigenvalue weighted by Crippen LogP contribution is -2.01. The molecule has 3 rings (SSSR count). The van der Waals surface area contributed by atoms with E-state index in [0.29, 0.717) is 11.1 Å². The predicted octanol–water partition coefficient (Wildman–Crippen LogP) is 4.75. The van der Waals surface area contributed by atoms with Gasteiger partial charge in [0, 0.05) is 5.56 Å². The number of rotatable bonds is 5. The molecule has 0 heterocycles.